The summed E-state index contributed by atoms with van der Waals surface area (Å²) in [5.41, 5.74) is 0. The number of aromatic nitrogens is 1. The number of hydrogen-bond acceptors (Lipinski definition) is 0. The minimum Gasteiger partial charge on any atom is -0.484 e. The van der Waals surface area contributed by atoms with Gasteiger partial charge in [0.15, 0.2) is 0 Å². The summed E-state index contributed by atoms with van der Waals surface area (Å²) >= 11 is 2.03. The number of halogens is 2. The van der Waals surface area contributed by atoms with Crippen molar-refractivity contribution in [3.63, 3.8) is 0 Å². The first-order valence-electron chi connectivity index (χ1n) is 3.56. The Morgan fingerprint density at radius 3 is 1.55 bits per heavy atom. The quantitative estimate of drug-likeness (QED) is 0.500. The predicted octanol–water partition coefficient (Wildman–Crippen LogP) is 4.75. The van der Waals surface area contributed by atoms with E-state index in [9.17, 15) is 0 Å². The van der Waals surface area contributed by atoms with Gasteiger partial charge in [-0.25, -0.2) is 12.2 Å². The van der Waals surface area contributed by atoms with Crippen molar-refractivity contribution in [2.24, 2.45) is 0 Å². The molecule has 0 aliphatic heterocycles. The van der Waals surface area contributed by atoms with Gasteiger partial charge in [0.1, 0.15) is 0 Å². The first kappa shape index (κ1) is 59.3. The summed E-state index contributed by atoms with van der Waals surface area (Å²) in [4.78, 5) is 2.74. The maximum atomic E-state index is 2.99. The van der Waals surface area contributed by atoms with Crippen molar-refractivity contribution in [1.29, 1.82) is 0 Å². The van der Waals surface area contributed by atoms with E-state index in [0.29, 0.717) is 0 Å². The van der Waals surface area contributed by atoms with Crippen LogP contribution in [-0.4, -0.2) is 12.6 Å². The summed E-state index contributed by atoms with van der Waals surface area (Å²) in [6.45, 7) is 0. The fraction of sp³-hybridized carbons (Fsp3) is 0.0667. The number of aromatic amines is 1. The molecule has 1 heterocycles. The normalized spacial score (nSPS) is 6.55. The molecule has 0 saturated heterocycles. The Morgan fingerprint density at radius 2 is 1.45 bits per heavy atom. The van der Waals surface area contributed by atoms with Crippen LogP contribution >= 0.6 is 24.8 Å². The van der Waals surface area contributed by atoms with Crippen LogP contribution in [0.4, 0.5) is 0 Å². The van der Waals surface area contributed by atoms with E-state index in [4.69, 9.17) is 0 Å². The van der Waals surface area contributed by atoms with Crippen molar-refractivity contribution >= 4 is 32.4 Å². The molecule has 2 rings (SSSR count). The van der Waals surface area contributed by atoms with Gasteiger partial charge in [0.2, 0.25) is 0 Å². The molecule has 1 aromatic rings. The third-order valence-corrected chi connectivity index (χ3v) is 1.03. The first-order chi connectivity index (χ1) is 6.00. The maximum absolute atomic E-state index is 2.99. The minimum absolute atomic E-state index is 0. The molecule has 0 bridgehead atoms. The molecule has 1 aliphatic rings. The van der Waals surface area contributed by atoms with E-state index >= 15 is 0 Å². The summed E-state index contributed by atoms with van der Waals surface area (Å²) in [6, 6.07) is 3.71. The Kier molecular flexibility index (Phi) is 181. The molecule has 1 N–H and O–H groups in total. The van der Waals surface area contributed by atoms with Crippen LogP contribution in [0.3, 0.4) is 0 Å². The molecule has 1 nitrogen and oxygen atoms in total. The van der Waals surface area contributed by atoms with E-state index < -0.39 is 0 Å². The molecule has 1 aromatic heterocycles. The third-order valence-electron chi connectivity index (χ3n) is 1.03. The Labute approximate surface area is 156 Å². The van der Waals surface area contributed by atoms with Crippen LogP contribution in [0.25, 0.3) is 0 Å². The van der Waals surface area contributed by atoms with Crippen LogP contribution in [0.1, 0.15) is 6.42 Å². The molecule has 20 heavy (non-hydrogen) atoms. The Hall–Kier alpha value is 0.271. The minimum atomic E-state index is 0. The average Bonchev–Trinajstić information content (AvgIpc) is 2.87. The summed E-state index contributed by atoms with van der Waals surface area (Å²) in [7, 11) is 1.86. The fourth-order valence-corrected chi connectivity index (χ4v) is 0.581. The molecule has 1 aliphatic carbocycles. The van der Waals surface area contributed by atoms with Gasteiger partial charge in [-0.1, -0.05) is 0 Å². The Bertz CT molecular complexity index is 201. The Balaban J connectivity index is -0.0000000113. The van der Waals surface area contributed by atoms with Crippen molar-refractivity contribution in [1.82, 2.24) is 4.98 Å². The number of allylic oxidation sites excluding steroid dienone is 4. The van der Waals surface area contributed by atoms with Crippen molar-refractivity contribution < 1.29 is 19.2 Å². The second-order valence-corrected chi connectivity index (χ2v) is 1.82. The van der Waals surface area contributed by atoms with Gasteiger partial charge in [-0.15, -0.1) is 37.4 Å². The van der Waals surface area contributed by atoms with Crippen LogP contribution in [0.5, 0.6) is 0 Å². The van der Waals surface area contributed by atoms with Gasteiger partial charge in [-0.2, -0.15) is 24.4 Å². The van der Waals surface area contributed by atoms with E-state index in [0.717, 1.165) is 6.42 Å². The topological polar surface area (TPSA) is 15.8 Å². The van der Waals surface area contributed by atoms with Gasteiger partial charge in [0.25, 0.3) is 0 Å². The summed E-state index contributed by atoms with van der Waals surface area (Å²) in [6.07, 6.45) is 14.6. The monoisotopic (exact) mass is 371 g/mol. The second-order valence-electron chi connectivity index (χ2n) is 1.82. The molecule has 0 amide bonds. The van der Waals surface area contributed by atoms with Crippen molar-refractivity contribution in [2.75, 3.05) is 0 Å². The van der Waals surface area contributed by atoms with Crippen LogP contribution in [-0.2, 0) is 19.2 Å². The molecule has 0 radical (unpaired) electrons. The molecule has 0 spiro atoms. The molecular weight excluding hydrogens is 341 g/mol. The zero-order chi connectivity index (χ0) is 9.07. The van der Waals surface area contributed by atoms with Gasteiger partial charge in [-0.05, 0) is 0 Å². The molecule has 5 heteroatoms. The SMILES string of the molecule is Cl.Cl.[C-]1=CC=CC1.[CH3-].[CH3-].[CH3-].[CH3-].[CH3-].[CH3-].[SiH2]=[Ti].[c-]1ccc[nH]1. The van der Waals surface area contributed by atoms with Gasteiger partial charge in [0.05, 0.1) is 0 Å². The van der Waals surface area contributed by atoms with E-state index in [-0.39, 0.29) is 69.4 Å². The smallest absolute Gasteiger partial charge is 0.108 e. The Morgan fingerprint density at radius 1 is 0.950 bits per heavy atom. The van der Waals surface area contributed by atoms with Crippen LogP contribution in [0.15, 0.2) is 36.6 Å². The van der Waals surface area contributed by atoms with Crippen molar-refractivity contribution in [2.45, 2.75) is 6.42 Å². The van der Waals surface area contributed by atoms with Crippen molar-refractivity contribution in [3.05, 3.63) is 93.4 Å². The van der Waals surface area contributed by atoms with Crippen LogP contribution in [0.2, 0.25) is 0 Å². The maximum Gasteiger partial charge on any atom is -0.108 e. The van der Waals surface area contributed by atoms with Gasteiger partial charge in [0, 0.05) is 0 Å². The zero-order valence-corrected chi connectivity index (χ0v) is 18.3. The van der Waals surface area contributed by atoms with Crippen LogP contribution < -0.4 is 0 Å². The van der Waals surface area contributed by atoms with E-state index in [1.54, 1.807) is 0 Å². The molecular formula is C15H31Cl2NSiTi-8. The number of H-pyrrole nitrogens is 1. The average molecular weight is 372 g/mol. The molecule has 126 valence electrons. The largest absolute Gasteiger partial charge is 0.484 e. The summed E-state index contributed by atoms with van der Waals surface area (Å²) in [5, 5.41) is 0. The number of nitrogens with one attached hydrogen (secondary N) is 1. The van der Waals surface area contributed by atoms with Gasteiger partial charge in [-0.3, -0.25) is 6.08 Å². The standard InChI is InChI=1S/C5H5.C4H4N.6CH3.2ClH.H2Si.Ti/c2*1-2-4-5-3-1;;;;;;;;;;/h1-3H,4H2;1-3,5H;6*1H3;2*1H;1H2;/q8*-1;;;;. The molecule has 0 atom stereocenters. The van der Waals surface area contributed by atoms with Crippen molar-refractivity contribution in [3.8, 4) is 0 Å². The molecule has 0 aromatic carbocycles. The van der Waals surface area contributed by atoms with Crippen LogP contribution in [0, 0.1) is 56.8 Å². The number of hydrogen-bond donors (Lipinski definition) is 1. The molecule has 0 unspecified atom stereocenters. The third kappa shape index (κ3) is 51.7. The second kappa shape index (κ2) is 61.0. The first-order valence-corrected chi connectivity index (χ1v) is 7.58. The summed E-state index contributed by atoms with van der Waals surface area (Å²) < 4.78 is 0. The molecule has 0 saturated carbocycles. The van der Waals surface area contributed by atoms with E-state index in [1.165, 1.54) is 0 Å². The molecule has 0 fully saturated rings. The fourth-order valence-electron chi connectivity index (χ4n) is 0.581. The number of rotatable bonds is 0. The zero-order valence-electron chi connectivity index (χ0n) is 13.7. The van der Waals surface area contributed by atoms with E-state index in [2.05, 4.69) is 23.3 Å². The predicted molar refractivity (Wildman–Crippen MR) is 103 cm³/mol. The van der Waals surface area contributed by atoms with Gasteiger partial charge < -0.3 is 49.5 Å². The summed E-state index contributed by atoms with van der Waals surface area (Å²) in [5.74, 6) is 0. The van der Waals surface area contributed by atoms with E-state index in [1.807, 2.05) is 57.3 Å². The van der Waals surface area contributed by atoms with Gasteiger partial charge >= 0.3 is 26.8 Å².